The number of benzene rings is 2. The molecule has 9 nitrogen and oxygen atoms in total. The zero-order chi connectivity index (χ0) is 26.8. The first kappa shape index (κ1) is 26.1. The van der Waals surface area contributed by atoms with Gasteiger partial charge in [0.05, 0.1) is 36.0 Å². The fourth-order valence-electron chi connectivity index (χ4n) is 5.61. The lowest BCUT2D eigenvalue weighted by Gasteiger charge is -2.41. The summed E-state index contributed by atoms with van der Waals surface area (Å²) in [7, 11) is 1.37. The number of ether oxygens (including phenoxy) is 3. The van der Waals surface area contributed by atoms with E-state index in [-0.39, 0.29) is 62.0 Å². The van der Waals surface area contributed by atoms with Crippen molar-refractivity contribution in [3.63, 3.8) is 0 Å². The van der Waals surface area contributed by atoms with Crippen LogP contribution in [0.3, 0.4) is 0 Å². The summed E-state index contributed by atoms with van der Waals surface area (Å²) in [6.07, 6.45) is -1.09. The van der Waals surface area contributed by atoms with Crippen LogP contribution in [0.1, 0.15) is 82.2 Å². The molecular formula is C27H27IO9. The second-order valence-corrected chi connectivity index (χ2v) is 11.7. The number of hydrogen-bond donors (Lipinski definition) is 3. The molecule has 0 amide bonds. The van der Waals surface area contributed by atoms with E-state index in [4.69, 9.17) is 14.2 Å². The number of hydrogen-bond acceptors (Lipinski definition) is 9. The number of fused-ring (bicyclic) bond motifs is 3. The molecule has 0 saturated carbocycles. The van der Waals surface area contributed by atoms with Crippen LogP contribution in [0.2, 0.25) is 0 Å². The third kappa shape index (κ3) is 4.14. The van der Waals surface area contributed by atoms with Gasteiger partial charge in [0.15, 0.2) is 17.9 Å². The first-order valence-corrected chi connectivity index (χ1v) is 13.3. The average Bonchev–Trinajstić information content (AvgIpc) is 2.83. The molecule has 0 spiro atoms. The maximum atomic E-state index is 13.6. The van der Waals surface area contributed by atoms with Gasteiger partial charge in [-0.15, -0.1) is 0 Å². The molecule has 2 aliphatic carbocycles. The van der Waals surface area contributed by atoms with Gasteiger partial charge in [0.1, 0.15) is 22.8 Å². The van der Waals surface area contributed by atoms with Crippen LogP contribution in [0.5, 0.6) is 17.2 Å². The summed E-state index contributed by atoms with van der Waals surface area (Å²) in [5, 5.41) is 34.1. The molecule has 196 valence electrons. The fraction of sp³-hybridized carbons (Fsp3) is 0.444. The number of carbonyl (C=O) groups excluding carboxylic acids is 3. The summed E-state index contributed by atoms with van der Waals surface area (Å²) in [4.78, 5) is 39.6. The standard InChI is InChI=1S/C27H27IO9/c1-11-7-13(28)8-18(36-11)37-17-10-27(34,12(2)29)9-15-20(17)26(33)22-21(24(15)31)23(30)14-5-4-6-16(35-3)19(14)25(22)32/h4-6,11,13,17-18,31,33-34H,7-10H2,1-3H3/t11-,13+,17-,18-,27-/m0/s1. The van der Waals surface area contributed by atoms with Gasteiger partial charge in [0.25, 0.3) is 0 Å². The van der Waals surface area contributed by atoms with E-state index in [2.05, 4.69) is 22.6 Å². The van der Waals surface area contributed by atoms with E-state index in [1.807, 2.05) is 6.92 Å². The van der Waals surface area contributed by atoms with Crippen molar-refractivity contribution in [2.75, 3.05) is 7.11 Å². The first-order valence-electron chi connectivity index (χ1n) is 12.0. The van der Waals surface area contributed by atoms with Gasteiger partial charge in [0.2, 0.25) is 5.78 Å². The second-order valence-electron chi connectivity index (χ2n) is 9.92. The lowest BCUT2D eigenvalue weighted by atomic mass is 9.72. The van der Waals surface area contributed by atoms with Crippen molar-refractivity contribution in [2.45, 2.75) is 67.6 Å². The number of phenols is 2. The zero-order valence-electron chi connectivity index (χ0n) is 20.5. The van der Waals surface area contributed by atoms with Gasteiger partial charge in [-0.3, -0.25) is 14.4 Å². The van der Waals surface area contributed by atoms with Crippen molar-refractivity contribution in [2.24, 2.45) is 0 Å². The molecule has 5 rings (SSSR count). The Balaban J connectivity index is 1.70. The maximum Gasteiger partial charge on any atom is 0.202 e. The minimum atomic E-state index is -1.91. The molecule has 2 aromatic rings. The summed E-state index contributed by atoms with van der Waals surface area (Å²) >= 11 is 2.30. The molecule has 5 atom stereocenters. The predicted molar refractivity (Wildman–Crippen MR) is 139 cm³/mol. The molecule has 3 aliphatic rings. The number of rotatable bonds is 4. The Bertz CT molecular complexity index is 1330. The number of phenolic OH excluding ortho intramolecular Hbond substituents is 2. The molecule has 1 fully saturated rings. The molecule has 37 heavy (non-hydrogen) atoms. The molecule has 1 saturated heterocycles. The highest BCUT2D eigenvalue weighted by Crippen LogP contribution is 2.52. The number of aromatic hydroxyl groups is 2. The molecule has 0 aromatic heterocycles. The zero-order valence-corrected chi connectivity index (χ0v) is 22.7. The molecule has 1 aliphatic heterocycles. The van der Waals surface area contributed by atoms with Gasteiger partial charge < -0.3 is 29.5 Å². The molecule has 1 heterocycles. The van der Waals surface area contributed by atoms with E-state index in [0.29, 0.717) is 6.42 Å². The molecule has 10 heteroatoms. The number of carbonyl (C=O) groups is 3. The highest BCUT2D eigenvalue weighted by molar-refractivity contribution is 14.1. The number of ketones is 3. The third-order valence-corrected chi connectivity index (χ3v) is 8.48. The Morgan fingerprint density at radius 1 is 1.11 bits per heavy atom. The first-order chi connectivity index (χ1) is 17.5. The number of Topliss-reactive ketones (excluding diaryl/α,β-unsaturated/α-hetero) is 1. The largest absolute Gasteiger partial charge is 0.507 e. The smallest absolute Gasteiger partial charge is 0.202 e. The van der Waals surface area contributed by atoms with Crippen LogP contribution < -0.4 is 4.74 Å². The Hall–Kier alpha value is -2.54. The van der Waals surface area contributed by atoms with E-state index < -0.39 is 46.8 Å². The van der Waals surface area contributed by atoms with E-state index in [1.54, 1.807) is 6.07 Å². The molecule has 2 aromatic carbocycles. The summed E-state index contributed by atoms with van der Waals surface area (Å²) in [6.45, 7) is 3.14. The van der Waals surface area contributed by atoms with Crippen molar-refractivity contribution < 1.29 is 43.9 Å². The SMILES string of the molecule is COc1cccc2c1C(=O)c1c(O)c3c(c(O)c1C2=O)C[C@@](O)(C(C)=O)C[C@@H]3O[C@H]1C[C@H](I)C[C@H](C)O1. The van der Waals surface area contributed by atoms with Crippen molar-refractivity contribution in [3.05, 3.63) is 51.6 Å². The van der Waals surface area contributed by atoms with Crippen molar-refractivity contribution in [1.29, 1.82) is 0 Å². The summed E-state index contributed by atoms with van der Waals surface area (Å²) < 4.78 is 17.7. The van der Waals surface area contributed by atoms with Crippen LogP contribution in [0, 0.1) is 0 Å². The number of alkyl halides is 1. The van der Waals surface area contributed by atoms with Gasteiger partial charge >= 0.3 is 0 Å². The van der Waals surface area contributed by atoms with Crippen molar-refractivity contribution in [1.82, 2.24) is 0 Å². The Labute approximate surface area is 226 Å². The van der Waals surface area contributed by atoms with Crippen LogP contribution in [-0.4, -0.2) is 61.7 Å². The summed E-state index contributed by atoms with van der Waals surface area (Å²) in [5.41, 5.74) is -2.57. The van der Waals surface area contributed by atoms with E-state index in [9.17, 15) is 29.7 Å². The van der Waals surface area contributed by atoms with Crippen LogP contribution in [-0.2, 0) is 20.7 Å². The topological polar surface area (TPSA) is 140 Å². The van der Waals surface area contributed by atoms with Gasteiger partial charge in [-0.1, -0.05) is 34.7 Å². The lowest BCUT2D eigenvalue weighted by molar-refractivity contribution is -0.220. The van der Waals surface area contributed by atoms with Crippen molar-refractivity contribution >= 4 is 39.9 Å². The van der Waals surface area contributed by atoms with Crippen molar-refractivity contribution in [3.8, 4) is 17.2 Å². The fourth-order valence-corrected chi connectivity index (χ4v) is 6.74. The minimum absolute atomic E-state index is 0.00687. The molecule has 0 unspecified atom stereocenters. The molecule has 0 bridgehead atoms. The van der Waals surface area contributed by atoms with Crippen LogP contribution in [0.4, 0.5) is 0 Å². The normalized spacial score (nSPS) is 28.8. The third-order valence-electron chi connectivity index (χ3n) is 7.47. The summed E-state index contributed by atoms with van der Waals surface area (Å²) in [5.74, 6) is -2.83. The van der Waals surface area contributed by atoms with Gasteiger partial charge in [-0.05, 0) is 26.3 Å². The van der Waals surface area contributed by atoms with E-state index >= 15 is 0 Å². The molecule has 3 N–H and O–H groups in total. The molecular weight excluding hydrogens is 595 g/mol. The predicted octanol–water partition coefficient (Wildman–Crippen LogP) is 3.53. The highest BCUT2D eigenvalue weighted by Gasteiger charge is 2.49. The Morgan fingerprint density at radius 2 is 1.81 bits per heavy atom. The Kier molecular flexibility index (Phi) is 6.58. The number of aliphatic hydroxyl groups is 1. The average molecular weight is 622 g/mol. The number of methoxy groups -OCH3 is 1. The number of halogens is 1. The van der Waals surface area contributed by atoms with E-state index in [1.165, 1.54) is 26.2 Å². The van der Waals surface area contributed by atoms with Gasteiger partial charge in [-0.2, -0.15) is 0 Å². The van der Waals surface area contributed by atoms with E-state index in [0.717, 1.165) is 6.42 Å². The lowest BCUT2D eigenvalue weighted by Crippen LogP contribution is -2.46. The van der Waals surface area contributed by atoms with Crippen LogP contribution >= 0.6 is 22.6 Å². The minimum Gasteiger partial charge on any atom is -0.507 e. The van der Waals surface area contributed by atoms with Gasteiger partial charge in [-0.25, -0.2) is 0 Å². The highest BCUT2D eigenvalue weighted by atomic mass is 127. The Morgan fingerprint density at radius 3 is 2.46 bits per heavy atom. The van der Waals surface area contributed by atoms with Crippen LogP contribution in [0.15, 0.2) is 18.2 Å². The van der Waals surface area contributed by atoms with Crippen LogP contribution in [0.25, 0.3) is 0 Å². The quantitative estimate of drug-likeness (QED) is 0.227. The summed E-state index contributed by atoms with van der Waals surface area (Å²) in [6, 6.07) is 4.52. The second kappa shape index (κ2) is 9.33. The molecule has 0 radical (unpaired) electrons. The monoisotopic (exact) mass is 622 g/mol. The maximum absolute atomic E-state index is 13.6. The van der Waals surface area contributed by atoms with Gasteiger partial charge in [0, 0.05) is 39.9 Å².